The molecule has 3 aromatic rings. The zero-order valence-corrected chi connectivity index (χ0v) is 17.1. The van der Waals surface area contributed by atoms with Crippen LogP contribution in [0.25, 0.3) is 0 Å². The van der Waals surface area contributed by atoms with Gasteiger partial charge in [-0.15, -0.1) is 0 Å². The number of nitrogens with one attached hydrogen (secondary N) is 1. The monoisotopic (exact) mass is 423 g/mol. The number of sulfonamides is 1. The largest absolute Gasteiger partial charge is 0.506 e. The molecule has 0 aliphatic carbocycles. The lowest BCUT2D eigenvalue weighted by atomic mass is 10.1. The van der Waals surface area contributed by atoms with Gasteiger partial charge in [0.25, 0.3) is 16.0 Å². The minimum Gasteiger partial charge on any atom is -0.506 e. The highest BCUT2D eigenvalue weighted by Crippen LogP contribution is 2.32. The maximum absolute atomic E-state index is 12.5. The fourth-order valence-corrected chi connectivity index (χ4v) is 4.27. The first-order chi connectivity index (χ1) is 14.5. The Labute approximate surface area is 175 Å². The van der Waals surface area contributed by atoms with Gasteiger partial charge in [0, 0.05) is 17.8 Å². The van der Waals surface area contributed by atoms with E-state index in [9.17, 15) is 13.5 Å². The quantitative estimate of drug-likeness (QED) is 0.641. The summed E-state index contributed by atoms with van der Waals surface area (Å²) in [5, 5.41) is 10.2. The lowest BCUT2D eigenvalue weighted by Gasteiger charge is -2.27. The number of phenolic OH excluding ortho intramolecular Hbond substituents is 1. The summed E-state index contributed by atoms with van der Waals surface area (Å²) in [7, 11) is -3.67. The summed E-state index contributed by atoms with van der Waals surface area (Å²) in [6, 6.07) is 20.7. The van der Waals surface area contributed by atoms with Crippen LogP contribution < -0.4 is 9.62 Å². The molecule has 0 saturated heterocycles. The van der Waals surface area contributed by atoms with Crippen molar-refractivity contribution in [2.75, 3.05) is 16.2 Å². The summed E-state index contributed by atoms with van der Waals surface area (Å²) in [6.45, 7) is 2.73. The standard InChI is InChI=1S/C22H21N3O4S/c1-2-25(20-10-6-7-11-21(20)26)22-23-19-13-12-17(14-16(19)15-29-22)24-30(27,28)18-8-4-3-5-9-18/h3-14,24,26H,2,15H2,1H3. The highest BCUT2D eigenvalue weighted by molar-refractivity contribution is 7.92. The smallest absolute Gasteiger partial charge is 0.297 e. The number of amidine groups is 1. The number of hydrogen-bond donors (Lipinski definition) is 2. The van der Waals surface area contributed by atoms with Gasteiger partial charge in [-0.3, -0.25) is 9.62 Å². The molecule has 2 N–H and O–H groups in total. The van der Waals surface area contributed by atoms with Gasteiger partial charge < -0.3 is 9.84 Å². The van der Waals surface area contributed by atoms with Crippen molar-refractivity contribution in [3.05, 3.63) is 78.4 Å². The second kappa shape index (κ2) is 8.08. The van der Waals surface area contributed by atoms with E-state index in [0.717, 1.165) is 5.56 Å². The fraction of sp³-hybridized carbons (Fsp3) is 0.136. The third-order valence-electron chi connectivity index (χ3n) is 4.68. The van der Waals surface area contributed by atoms with Gasteiger partial charge >= 0.3 is 0 Å². The van der Waals surface area contributed by atoms with Crippen LogP contribution in [-0.4, -0.2) is 26.1 Å². The Bertz CT molecular complexity index is 1190. The van der Waals surface area contributed by atoms with Crippen LogP contribution in [0.3, 0.4) is 0 Å². The van der Waals surface area contributed by atoms with Crippen molar-refractivity contribution in [1.29, 1.82) is 0 Å². The zero-order valence-electron chi connectivity index (χ0n) is 16.3. The molecule has 1 aliphatic heterocycles. The topological polar surface area (TPSA) is 91.2 Å². The van der Waals surface area contributed by atoms with Crippen LogP contribution in [0, 0.1) is 0 Å². The molecule has 7 nitrogen and oxygen atoms in total. The van der Waals surface area contributed by atoms with Crippen molar-refractivity contribution >= 4 is 33.1 Å². The van der Waals surface area contributed by atoms with E-state index in [1.165, 1.54) is 0 Å². The number of hydrogen-bond acceptors (Lipinski definition) is 6. The lowest BCUT2D eigenvalue weighted by Crippen LogP contribution is -2.33. The molecule has 0 unspecified atom stereocenters. The molecule has 4 rings (SSSR count). The number of benzene rings is 3. The molecule has 30 heavy (non-hydrogen) atoms. The first kappa shape index (κ1) is 19.8. The third-order valence-corrected chi connectivity index (χ3v) is 6.07. The molecular weight excluding hydrogens is 402 g/mol. The molecule has 0 bridgehead atoms. The molecule has 1 aliphatic rings. The van der Waals surface area contributed by atoms with Crippen molar-refractivity contribution in [3.8, 4) is 5.75 Å². The van der Waals surface area contributed by atoms with E-state index in [4.69, 9.17) is 4.74 Å². The Morgan fingerprint density at radius 3 is 2.53 bits per heavy atom. The van der Waals surface area contributed by atoms with E-state index in [2.05, 4.69) is 9.71 Å². The predicted molar refractivity (Wildman–Crippen MR) is 117 cm³/mol. The zero-order chi connectivity index (χ0) is 21.1. The van der Waals surface area contributed by atoms with Crippen LogP contribution in [0.1, 0.15) is 12.5 Å². The Morgan fingerprint density at radius 1 is 1.07 bits per heavy atom. The van der Waals surface area contributed by atoms with Gasteiger partial charge in [0.15, 0.2) is 0 Å². The predicted octanol–water partition coefficient (Wildman–Crippen LogP) is 4.24. The molecule has 0 saturated carbocycles. The number of rotatable bonds is 5. The summed E-state index contributed by atoms with van der Waals surface area (Å²) in [5.74, 6) is 0.141. The second-order valence-corrected chi connectivity index (χ2v) is 8.36. The number of nitrogens with zero attached hydrogens (tertiary/aromatic N) is 2. The molecule has 8 heteroatoms. The van der Waals surface area contributed by atoms with Gasteiger partial charge in [-0.25, -0.2) is 8.42 Å². The second-order valence-electron chi connectivity index (χ2n) is 6.68. The molecule has 0 amide bonds. The molecule has 0 atom stereocenters. The van der Waals surface area contributed by atoms with Crippen molar-refractivity contribution in [2.45, 2.75) is 18.4 Å². The van der Waals surface area contributed by atoms with E-state index >= 15 is 0 Å². The number of para-hydroxylation sites is 2. The van der Waals surface area contributed by atoms with Crippen molar-refractivity contribution in [2.24, 2.45) is 4.99 Å². The number of aromatic hydroxyl groups is 1. The average molecular weight is 423 g/mol. The molecule has 1 heterocycles. The van der Waals surface area contributed by atoms with E-state index < -0.39 is 10.0 Å². The van der Waals surface area contributed by atoms with Gasteiger partial charge in [-0.1, -0.05) is 30.3 Å². The summed E-state index contributed by atoms with van der Waals surface area (Å²) in [5.41, 5.74) is 2.50. The minimum atomic E-state index is -3.67. The highest BCUT2D eigenvalue weighted by Gasteiger charge is 2.22. The Kier molecular flexibility index (Phi) is 5.33. The van der Waals surface area contributed by atoms with Gasteiger partial charge in [0.05, 0.1) is 16.3 Å². The number of phenols is 1. The number of fused-ring (bicyclic) bond motifs is 1. The Morgan fingerprint density at radius 2 is 1.80 bits per heavy atom. The van der Waals surface area contributed by atoms with Gasteiger partial charge in [-0.05, 0) is 49.4 Å². The van der Waals surface area contributed by atoms with E-state index in [0.29, 0.717) is 29.6 Å². The van der Waals surface area contributed by atoms with Crippen LogP contribution in [0.5, 0.6) is 5.75 Å². The number of anilines is 2. The highest BCUT2D eigenvalue weighted by atomic mass is 32.2. The van der Waals surface area contributed by atoms with E-state index in [-0.39, 0.29) is 17.3 Å². The normalized spacial score (nSPS) is 13.0. The van der Waals surface area contributed by atoms with Crippen LogP contribution >= 0.6 is 0 Å². The number of aliphatic imine (C=N–C) groups is 1. The first-order valence-electron chi connectivity index (χ1n) is 9.46. The lowest BCUT2D eigenvalue weighted by molar-refractivity contribution is 0.278. The summed E-state index contributed by atoms with van der Waals surface area (Å²) >= 11 is 0. The third kappa shape index (κ3) is 3.95. The van der Waals surface area contributed by atoms with Gasteiger partial charge in [0.1, 0.15) is 12.4 Å². The molecule has 154 valence electrons. The first-order valence-corrected chi connectivity index (χ1v) is 10.9. The molecule has 0 spiro atoms. The molecule has 3 aromatic carbocycles. The van der Waals surface area contributed by atoms with E-state index in [1.807, 2.05) is 13.0 Å². The minimum absolute atomic E-state index is 0.141. The fourth-order valence-electron chi connectivity index (χ4n) is 3.20. The Hall–Kier alpha value is -3.52. The summed E-state index contributed by atoms with van der Waals surface area (Å²) in [4.78, 5) is 6.54. The molecular formula is C22H21N3O4S. The van der Waals surface area contributed by atoms with Crippen molar-refractivity contribution < 1.29 is 18.3 Å². The molecule has 0 radical (unpaired) electrons. The molecule has 0 aromatic heterocycles. The van der Waals surface area contributed by atoms with Crippen LogP contribution in [0.15, 0.2) is 82.7 Å². The summed E-state index contributed by atoms with van der Waals surface area (Å²) in [6.07, 6.45) is 0. The van der Waals surface area contributed by atoms with Crippen LogP contribution in [0.2, 0.25) is 0 Å². The van der Waals surface area contributed by atoms with Crippen molar-refractivity contribution in [1.82, 2.24) is 0 Å². The maximum atomic E-state index is 12.5. The maximum Gasteiger partial charge on any atom is 0.297 e. The van der Waals surface area contributed by atoms with Crippen LogP contribution in [0.4, 0.5) is 17.1 Å². The number of ether oxygens (including phenoxy) is 1. The van der Waals surface area contributed by atoms with Crippen LogP contribution in [-0.2, 0) is 21.4 Å². The van der Waals surface area contributed by atoms with Gasteiger partial charge in [0.2, 0.25) is 0 Å². The SMILES string of the molecule is CCN(C1=Nc2ccc(NS(=O)(=O)c3ccccc3)cc2CO1)c1ccccc1O. The average Bonchev–Trinajstić information content (AvgIpc) is 2.76. The summed E-state index contributed by atoms with van der Waals surface area (Å²) < 4.78 is 33.5. The van der Waals surface area contributed by atoms with Gasteiger partial charge in [-0.2, -0.15) is 4.99 Å². The van der Waals surface area contributed by atoms with Crippen molar-refractivity contribution in [3.63, 3.8) is 0 Å². The Balaban J connectivity index is 1.60. The van der Waals surface area contributed by atoms with E-state index in [1.54, 1.807) is 71.6 Å². The molecule has 0 fully saturated rings.